The minimum atomic E-state index is -0.103. The Labute approximate surface area is 174 Å². The maximum absolute atomic E-state index is 12.7. The van der Waals surface area contributed by atoms with Crippen molar-refractivity contribution >= 4 is 23.3 Å². The highest BCUT2D eigenvalue weighted by Crippen LogP contribution is 2.28. The minimum absolute atomic E-state index is 0.0254. The van der Waals surface area contributed by atoms with Crippen LogP contribution in [0.25, 0.3) is 11.4 Å². The quantitative estimate of drug-likeness (QED) is 0.628. The zero-order chi connectivity index (χ0) is 20.2. The number of hydrogen-bond acceptors (Lipinski definition) is 4. The van der Waals surface area contributed by atoms with Gasteiger partial charge >= 0.3 is 6.03 Å². The Morgan fingerprint density at radius 3 is 2.86 bits per heavy atom. The summed E-state index contributed by atoms with van der Waals surface area (Å²) in [6.07, 6.45) is 2.78. The second kappa shape index (κ2) is 8.66. The molecule has 0 aliphatic carbocycles. The Balaban J connectivity index is 1.42. The molecule has 1 aliphatic heterocycles. The summed E-state index contributed by atoms with van der Waals surface area (Å²) in [6, 6.07) is 15.2. The van der Waals surface area contributed by atoms with Crippen LogP contribution in [-0.2, 0) is 6.42 Å². The first kappa shape index (κ1) is 19.5. The standard InChI is InChI=1S/C22H23ClN4O2/c1-2-15-8-10-19(11-9-15)24-22(28)27-12-4-6-17(14-27)21-25-20(26-29-21)16-5-3-7-18(23)13-16/h3,5,7-11,13,17H,2,4,6,12,14H2,1H3,(H,24,28)/t17-/m1/s1. The lowest BCUT2D eigenvalue weighted by Crippen LogP contribution is -2.41. The summed E-state index contributed by atoms with van der Waals surface area (Å²) in [4.78, 5) is 19.1. The van der Waals surface area contributed by atoms with E-state index < -0.39 is 0 Å². The van der Waals surface area contributed by atoms with Gasteiger partial charge in [-0.2, -0.15) is 4.98 Å². The van der Waals surface area contributed by atoms with Gasteiger partial charge in [0, 0.05) is 29.4 Å². The normalized spacial score (nSPS) is 16.6. The molecule has 0 unspecified atom stereocenters. The number of carbonyl (C=O) groups is 1. The molecule has 0 radical (unpaired) electrons. The van der Waals surface area contributed by atoms with Crippen LogP contribution < -0.4 is 5.32 Å². The summed E-state index contributed by atoms with van der Waals surface area (Å²) < 4.78 is 5.51. The topological polar surface area (TPSA) is 71.3 Å². The Morgan fingerprint density at radius 1 is 1.28 bits per heavy atom. The lowest BCUT2D eigenvalue weighted by molar-refractivity contribution is 0.184. The Hall–Kier alpha value is -2.86. The van der Waals surface area contributed by atoms with Gasteiger partial charge in [0.1, 0.15) is 0 Å². The number of piperidine rings is 1. The number of rotatable bonds is 4. The van der Waals surface area contributed by atoms with E-state index >= 15 is 0 Å². The molecule has 0 spiro atoms. The van der Waals surface area contributed by atoms with Gasteiger partial charge in [0.05, 0.1) is 5.92 Å². The molecule has 1 saturated heterocycles. The molecule has 2 amide bonds. The fourth-order valence-electron chi connectivity index (χ4n) is 3.54. The fourth-order valence-corrected chi connectivity index (χ4v) is 3.73. The summed E-state index contributed by atoms with van der Waals surface area (Å²) >= 11 is 6.05. The zero-order valence-corrected chi connectivity index (χ0v) is 17.0. The second-order valence-electron chi connectivity index (χ2n) is 7.23. The van der Waals surface area contributed by atoms with Crippen LogP contribution in [0.5, 0.6) is 0 Å². The molecule has 4 rings (SSSR count). The van der Waals surface area contributed by atoms with E-state index in [0.29, 0.717) is 29.8 Å². The first-order valence-electron chi connectivity index (χ1n) is 9.87. The summed E-state index contributed by atoms with van der Waals surface area (Å²) in [5.74, 6) is 1.10. The highest BCUT2D eigenvalue weighted by molar-refractivity contribution is 6.30. The summed E-state index contributed by atoms with van der Waals surface area (Å²) in [5.41, 5.74) is 2.86. The molecule has 3 aromatic rings. The van der Waals surface area contributed by atoms with Gasteiger partial charge in [0.15, 0.2) is 0 Å². The van der Waals surface area contributed by atoms with Gasteiger partial charge in [-0.15, -0.1) is 0 Å². The Morgan fingerprint density at radius 2 is 2.10 bits per heavy atom. The molecule has 1 atom stereocenters. The number of hydrogen-bond donors (Lipinski definition) is 1. The molecule has 6 nitrogen and oxygen atoms in total. The number of nitrogens with one attached hydrogen (secondary N) is 1. The molecule has 7 heteroatoms. The average molecular weight is 411 g/mol. The molecule has 1 aromatic heterocycles. The van der Waals surface area contributed by atoms with E-state index in [1.807, 2.05) is 41.3 Å². The van der Waals surface area contributed by atoms with Crippen LogP contribution >= 0.6 is 11.6 Å². The van der Waals surface area contributed by atoms with Gasteiger partial charge < -0.3 is 14.7 Å². The van der Waals surface area contributed by atoms with Crippen LogP contribution in [0.1, 0.15) is 37.1 Å². The zero-order valence-electron chi connectivity index (χ0n) is 16.3. The van der Waals surface area contributed by atoms with Gasteiger partial charge in [0.25, 0.3) is 0 Å². The van der Waals surface area contributed by atoms with Crippen molar-refractivity contribution in [3.05, 3.63) is 65.0 Å². The van der Waals surface area contributed by atoms with E-state index in [4.69, 9.17) is 16.1 Å². The largest absolute Gasteiger partial charge is 0.339 e. The van der Waals surface area contributed by atoms with Crippen LogP contribution in [0.15, 0.2) is 53.1 Å². The number of urea groups is 1. The van der Waals surface area contributed by atoms with Crippen molar-refractivity contribution in [2.75, 3.05) is 18.4 Å². The van der Waals surface area contributed by atoms with Crippen LogP contribution in [0.4, 0.5) is 10.5 Å². The van der Waals surface area contributed by atoms with E-state index in [2.05, 4.69) is 22.4 Å². The lowest BCUT2D eigenvalue weighted by atomic mass is 9.98. The molecule has 29 heavy (non-hydrogen) atoms. The minimum Gasteiger partial charge on any atom is -0.339 e. The number of anilines is 1. The highest BCUT2D eigenvalue weighted by Gasteiger charge is 2.28. The van der Waals surface area contributed by atoms with Crippen molar-refractivity contribution in [1.29, 1.82) is 0 Å². The second-order valence-corrected chi connectivity index (χ2v) is 7.67. The van der Waals surface area contributed by atoms with Crippen molar-refractivity contribution in [2.24, 2.45) is 0 Å². The Kier molecular flexibility index (Phi) is 5.81. The van der Waals surface area contributed by atoms with Gasteiger partial charge in [-0.05, 0) is 49.1 Å². The first-order valence-corrected chi connectivity index (χ1v) is 10.2. The number of halogens is 1. The molecule has 2 aromatic carbocycles. The number of likely N-dealkylation sites (tertiary alicyclic amines) is 1. The molecule has 2 heterocycles. The van der Waals surface area contributed by atoms with E-state index in [9.17, 15) is 4.79 Å². The monoisotopic (exact) mass is 410 g/mol. The first-order chi connectivity index (χ1) is 14.1. The number of aromatic nitrogens is 2. The number of amides is 2. The summed E-state index contributed by atoms with van der Waals surface area (Å²) in [5, 5.41) is 7.70. The fraction of sp³-hybridized carbons (Fsp3) is 0.318. The lowest BCUT2D eigenvalue weighted by Gasteiger charge is -2.31. The van der Waals surface area contributed by atoms with Crippen LogP contribution in [0.3, 0.4) is 0 Å². The van der Waals surface area contributed by atoms with Crippen LogP contribution in [0, 0.1) is 0 Å². The van der Waals surface area contributed by atoms with E-state index in [1.165, 1.54) is 5.56 Å². The highest BCUT2D eigenvalue weighted by atomic mass is 35.5. The SMILES string of the molecule is CCc1ccc(NC(=O)N2CCC[C@@H](c3nc(-c4cccc(Cl)c4)no3)C2)cc1. The number of aryl methyl sites for hydroxylation is 1. The van der Waals surface area contributed by atoms with E-state index in [0.717, 1.165) is 30.5 Å². The molecular formula is C22H23ClN4O2. The summed E-state index contributed by atoms with van der Waals surface area (Å²) in [6.45, 7) is 3.37. The van der Waals surface area contributed by atoms with Gasteiger partial charge in [-0.3, -0.25) is 0 Å². The van der Waals surface area contributed by atoms with Crippen molar-refractivity contribution in [3.8, 4) is 11.4 Å². The van der Waals surface area contributed by atoms with Crippen molar-refractivity contribution in [3.63, 3.8) is 0 Å². The smallest absolute Gasteiger partial charge is 0.321 e. The molecule has 150 valence electrons. The summed E-state index contributed by atoms with van der Waals surface area (Å²) in [7, 11) is 0. The predicted molar refractivity (Wildman–Crippen MR) is 113 cm³/mol. The maximum Gasteiger partial charge on any atom is 0.321 e. The maximum atomic E-state index is 12.7. The number of benzene rings is 2. The van der Waals surface area contributed by atoms with Crippen molar-refractivity contribution < 1.29 is 9.32 Å². The molecular weight excluding hydrogens is 388 g/mol. The van der Waals surface area contributed by atoms with Crippen molar-refractivity contribution in [1.82, 2.24) is 15.0 Å². The van der Waals surface area contributed by atoms with Crippen molar-refractivity contribution in [2.45, 2.75) is 32.1 Å². The van der Waals surface area contributed by atoms with Gasteiger partial charge in [0.2, 0.25) is 11.7 Å². The molecule has 0 bridgehead atoms. The molecule has 1 fully saturated rings. The van der Waals surface area contributed by atoms with E-state index in [1.54, 1.807) is 12.1 Å². The third kappa shape index (κ3) is 4.59. The van der Waals surface area contributed by atoms with Crippen LogP contribution in [-0.4, -0.2) is 34.2 Å². The third-order valence-electron chi connectivity index (χ3n) is 5.20. The van der Waals surface area contributed by atoms with E-state index in [-0.39, 0.29) is 11.9 Å². The number of nitrogens with zero attached hydrogens (tertiary/aromatic N) is 3. The third-order valence-corrected chi connectivity index (χ3v) is 5.43. The molecule has 1 aliphatic rings. The predicted octanol–water partition coefficient (Wildman–Crippen LogP) is 5.36. The van der Waals surface area contributed by atoms with Gasteiger partial charge in [-0.1, -0.05) is 47.9 Å². The molecule has 0 saturated carbocycles. The van der Waals surface area contributed by atoms with Gasteiger partial charge in [-0.25, -0.2) is 4.79 Å². The average Bonchev–Trinajstić information content (AvgIpc) is 3.25. The molecule has 1 N–H and O–H groups in total. The van der Waals surface area contributed by atoms with Crippen LogP contribution in [0.2, 0.25) is 5.02 Å². The Bertz CT molecular complexity index is 986. The number of carbonyl (C=O) groups excluding carboxylic acids is 1.